The van der Waals surface area contributed by atoms with Gasteiger partial charge < -0.3 is 0 Å². The van der Waals surface area contributed by atoms with E-state index in [2.05, 4.69) is 31.9 Å². The van der Waals surface area contributed by atoms with Crippen molar-refractivity contribution in [1.29, 1.82) is 0 Å². The molecule has 0 saturated heterocycles. The molecule has 0 radical (unpaired) electrons. The second-order valence-electron chi connectivity index (χ2n) is 3.76. The predicted molar refractivity (Wildman–Crippen MR) is 78.9 cm³/mol. The Morgan fingerprint density at radius 3 is 2.59 bits per heavy atom. The number of carbonyl (C=O) groups excluding carboxylic acids is 1. The fourth-order valence-electron chi connectivity index (χ4n) is 1.61. The van der Waals surface area contributed by atoms with Crippen LogP contribution in [0.3, 0.4) is 0 Å². The van der Waals surface area contributed by atoms with Crippen LogP contribution < -0.4 is 0 Å². The van der Waals surface area contributed by atoms with Crippen LogP contribution in [0.25, 0.3) is 0 Å². The first kappa shape index (κ1) is 13.0. The van der Waals surface area contributed by atoms with Gasteiger partial charge in [0, 0.05) is 12.0 Å². The largest absolute Gasteiger partial charge is 0.294 e. The lowest BCUT2D eigenvalue weighted by molar-refractivity contribution is 0.0992. The number of thiophene rings is 1. The molecule has 0 bridgehead atoms. The average molecular weight is 374 g/mol. The molecule has 0 fully saturated rings. The molecule has 0 aliphatic rings. The quantitative estimate of drug-likeness (QED) is 0.691. The van der Waals surface area contributed by atoms with E-state index in [0.29, 0.717) is 6.42 Å². The maximum absolute atomic E-state index is 12.2. The molecular weight excluding hydrogens is 364 g/mol. The molecule has 0 unspecified atom stereocenters. The van der Waals surface area contributed by atoms with Gasteiger partial charge in [-0.1, -0.05) is 24.3 Å². The SMILES string of the molecule is Cc1ccccc1CC(=O)c1cc(Br)sc1Br. The normalized spacial score (nSPS) is 10.5. The molecule has 0 amide bonds. The third kappa shape index (κ3) is 3.06. The minimum atomic E-state index is 0.146. The van der Waals surface area contributed by atoms with E-state index < -0.39 is 0 Å². The van der Waals surface area contributed by atoms with Crippen molar-refractivity contribution < 1.29 is 4.79 Å². The highest BCUT2D eigenvalue weighted by molar-refractivity contribution is 9.12. The fourth-order valence-corrected chi connectivity index (χ4v) is 4.46. The summed E-state index contributed by atoms with van der Waals surface area (Å²) in [5, 5.41) is 0. The van der Waals surface area contributed by atoms with Gasteiger partial charge >= 0.3 is 0 Å². The highest BCUT2D eigenvalue weighted by atomic mass is 79.9. The van der Waals surface area contributed by atoms with Crippen molar-refractivity contribution in [2.45, 2.75) is 13.3 Å². The molecule has 0 N–H and O–H groups in total. The van der Waals surface area contributed by atoms with E-state index in [1.807, 2.05) is 37.3 Å². The lowest BCUT2D eigenvalue weighted by atomic mass is 10.0. The second kappa shape index (κ2) is 5.46. The number of rotatable bonds is 3. The van der Waals surface area contributed by atoms with E-state index in [9.17, 15) is 4.79 Å². The Bertz CT molecular complexity index is 560. The highest BCUT2D eigenvalue weighted by Gasteiger charge is 2.14. The van der Waals surface area contributed by atoms with Crippen LogP contribution in [0.5, 0.6) is 0 Å². The summed E-state index contributed by atoms with van der Waals surface area (Å²) in [4.78, 5) is 12.2. The average Bonchev–Trinajstić information content (AvgIpc) is 2.61. The summed E-state index contributed by atoms with van der Waals surface area (Å²) < 4.78 is 1.86. The Labute approximate surface area is 121 Å². The summed E-state index contributed by atoms with van der Waals surface area (Å²) in [5.41, 5.74) is 3.00. The Hall–Kier alpha value is -0.450. The third-order valence-corrected chi connectivity index (χ3v) is 4.91. The van der Waals surface area contributed by atoms with Gasteiger partial charge in [-0.05, 0) is 56.0 Å². The molecule has 0 spiro atoms. The van der Waals surface area contributed by atoms with Gasteiger partial charge in [-0.15, -0.1) is 11.3 Å². The summed E-state index contributed by atoms with van der Waals surface area (Å²) in [7, 11) is 0. The molecule has 1 aromatic heterocycles. The summed E-state index contributed by atoms with van der Waals surface area (Å²) in [6, 6.07) is 9.85. The maximum atomic E-state index is 12.2. The molecule has 1 heterocycles. The first-order valence-corrected chi connectivity index (χ1v) is 7.50. The molecule has 0 aliphatic carbocycles. The Balaban J connectivity index is 2.23. The Morgan fingerprint density at radius 1 is 1.29 bits per heavy atom. The molecule has 0 atom stereocenters. The zero-order valence-electron chi connectivity index (χ0n) is 9.17. The minimum Gasteiger partial charge on any atom is -0.294 e. The van der Waals surface area contributed by atoms with Crippen LogP contribution in [-0.4, -0.2) is 5.78 Å². The van der Waals surface area contributed by atoms with Crippen LogP contribution in [0, 0.1) is 6.92 Å². The summed E-state index contributed by atoms with van der Waals surface area (Å²) in [6.45, 7) is 2.03. The van der Waals surface area contributed by atoms with E-state index in [1.54, 1.807) is 0 Å². The standard InChI is InChI=1S/C13H10Br2OS/c1-8-4-2-3-5-9(8)6-11(16)10-7-12(14)17-13(10)15/h2-5,7H,6H2,1H3. The van der Waals surface area contributed by atoms with Crippen LogP contribution in [-0.2, 0) is 6.42 Å². The maximum Gasteiger partial charge on any atom is 0.169 e. The number of ketones is 1. The van der Waals surface area contributed by atoms with Gasteiger partial charge in [0.25, 0.3) is 0 Å². The van der Waals surface area contributed by atoms with Crippen LogP contribution in [0.4, 0.5) is 0 Å². The van der Waals surface area contributed by atoms with E-state index >= 15 is 0 Å². The van der Waals surface area contributed by atoms with Gasteiger partial charge in [-0.3, -0.25) is 4.79 Å². The number of Topliss-reactive ketones (excluding diaryl/α,β-unsaturated/α-hetero) is 1. The number of hydrogen-bond acceptors (Lipinski definition) is 2. The molecule has 2 rings (SSSR count). The summed E-state index contributed by atoms with van der Waals surface area (Å²) in [5.74, 6) is 0.146. The lowest BCUT2D eigenvalue weighted by Gasteiger charge is -2.03. The fraction of sp³-hybridized carbons (Fsp3) is 0.154. The molecule has 0 saturated carbocycles. The Kier molecular flexibility index (Phi) is 4.17. The summed E-state index contributed by atoms with van der Waals surface area (Å²) in [6.07, 6.45) is 0.453. The monoisotopic (exact) mass is 372 g/mol. The topological polar surface area (TPSA) is 17.1 Å². The van der Waals surface area contributed by atoms with Crippen molar-refractivity contribution in [3.05, 3.63) is 54.6 Å². The zero-order chi connectivity index (χ0) is 12.4. The van der Waals surface area contributed by atoms with E-state index in [-0.39, 0.29) is 5.78 Å². The molecule has 88 valence electrons. The van der Waals surface area contributed by atoms with Crippen molar-refractivity contribution in [3.8, 4) is 0 Å². The van der Waals surface area contributed by atoms with Crippen molar-refractivity contribution >= 4 is 49.0 Å². The van der Waals surface area contributed by atoms with Gasteiger partial charge in [0.05, 0.1) is 7.57 Å². The van der Waals surface area contributed by atoms with Gasteiger partial charge in [0.1, 0.15) is 0 Å². The van der Waals surface area contributed by atoms with Crippen LogP contribution >= 0.6 is 43.2 Å². The van der Waals surface area contributed by atoms with Crippen LogP contribution in [0.1, 0.15) is 21.5 Å². The Morgan fingerprint density at radius 2 is 2.00 bits per heavy atom. The predicted octanol–water partition coefficient (Wildman–Crippen LogP) is 5.01. The van der Waals surface area contributed by atoms with Crippen molar-refractivity contribution in [2.24, 2.45) is 0 Å². The number of benzene rings is 1. The van der Waals surface area contributed by atoms with E-state index in [1.165, 1.54) is 11.3 Å². The summed E-state index contributed by atoms with van der Waals surface area (Å²) >= 11 is 8.33. The van der Waals surface area contributed by atoms with E-state index in [0.717, 1.165) is 24.3 Å². The minimum absolute atomic E-state index is 0.146. The lowest BCUT2D eigenvalue weighted by Crippen LogP contribution is -2.04. The molecule has 1 aromatic carbocycles. The van der Waals surface area contributed by atoms with Gasteiger partial charge in [0.15, 0.2) is 5.78 Å². The first-order valence-electron chi connectivity index (χ1n) is 5.10. The van der Waals surface area contributed by atoms with Crippen molar-refractivity contribution in [3.63, 3.8) is 0 Å². The number of halogens is 2. The number of aryl methyl sites for hydroxylation is 1. The molecule has 4 heteroatoms. The van der Waals surface area contributed by atoms with Crippen LogP contribution in [0.2, 0.25) is 0 Å². The van der Waals surface area contributed by atoms with Crippen molar-refractivity contribution in [1.82, 2.24) is 0 Å². The van der Waals surface area contributed by atoms with E-state index in [4.69, 9.17) is 0 Å². The number of hydrogen-bond donors (Lipinski definition) is 0. The molecule has 1 nitrogen and oxygen atoms in total. The second-order valence-corrected chi connectivity index (χ2v) is 7.51. The molecule has 17 heavy (non-hydrogen) atoms. The first-order chi connectivity index (χ1) is 8.08. The number of carbonyl (C=O) groups is 1. The third-order valence-electron chi connectivity index (χ3n) is 2.57. The molecule has 0 aliphatic heterocycles. The van der Waals surface area contributed by atoms with Gasteiger partial charge in [-0.25, -0.2) is 0 Å². The molecular formula is C13H10Br2OS. The van der Waals surface area contributed by atoms with Crippen molar-refractivity contribution in [2.75, 3.05) is 0 Å². The highest BCUT2D eigenvalue weighted by Crippen LogP contribution is 2.32. The molecule has 2 aromatic rings. The van der Waals surface area contributed by atoms with Gasteiger partial charge in [0.2, 0.25) is 0 Å². The smallest absolute Gasteiger partial charge is 0.169 e. The zero-order valence-corrected chi connectivity index (χ0v) is 13.2. The van der Waals surface area contributed by atoms with Crippen LogP contribution in [0.15, 0.2) is 37.9 Å². The van der Waals surface area contributed by atoms with Gasteiger partial charge in [-0.2, -0.15) is 0 Å².